The minimum atomic E-state index is -0.114. The molecule has 0 spiro atoms. The van der Waals surface area contributed by atoms with Gasteiger partial charge >= 0.3 is 0 Å². The Morgan fingerprint density at radius 1 is 1.33 bits per heavy atom. The van der Waals surface area contributed by atoms with Gasteiger partial charge in [-0.1, -0.05) is 0 Å². The predicted molar refractivity (Wildman–Crippen MR) is 71.3 cm³/mol. The molecule has 0 radical (unpaired) electrons. The van der Waals surface area contributed by atoms with E-state index in [1.165, 1.54) is 5.69 Å². The molecule has 3 atom stereocenters. The number of aliphatic hydroxyl groups is 1. The zero-order chi connectivity index (χ0) is 12.7. The summed E-state index contributed by atoms with van der Waals surface area (Å²) in [5.74, 6) is 0. The molecule has 0 amide bonds. The number of aromatic nitrogens is 1. The van der Waals surface area contributed by atoms with E-state index in [-0.39, 0.29) is 6.10 Å². The van der Waals surface area contributed by atoms with Crippen molar-refractivity contribution >= 4 is 0 Å². The Hall–Kier alpha value is -0.840. The summed E-state index contributed by atoms with van der Waals surface area (Å²) in [6.45, 7) is 6.36. The molecule has 0 aliphatic carbocycles. The van der Waals surface area contributed by atoms with Crippen molar-refractivity contribution in [3.63, 3.8) is 0 Å². The number of nitrogens with zero attached hydrogens (tertiary/aromatic N) is 3. The number of fused-ring (bicyclic) bond motifs is 1. The molecular formula is C14H23N3O. The largest absolute Gasteiger partial charge is 0.392 e. The van der Waals surface area contributed by atoms with Crippen LogP contribution in [-0.2, 0) is 13.6 Å². The van der Waals surface area contributed by atoms with Crippen molar-refractivity contribution in [1.29, 1.82) is 0 Å². The quantitative estimate of drug-likeness (QED) is 0.836. The Balaban J connectivity index is 1.68. The van der Waals surface area contributed by atoms with Crippen LogP contribution < -0.4 is 0 Å². The Morgan fingerprint density at radius 2 is 2.17 bits per heavy atom. The average Bonchev–Trinajstić information content (AvgIpc) is 2.85. The molecule has 2 aliphatic heterocycles. The van der Waals surface area contributed by atoms with Gasteiger partial charge < -0.3 is 9.67 Å². The molecular weight excluding hydrogens is 226 g/mol. The zero-order valence-electron chi connectivity index (χ0n) is 11.3. The minimum Gasteiger partial charge on any atom is -0.392 e. The number of hydrogen-bond acceptors (Lipinski definition) is 3. The van der Waals surface area contributed by atoms with Crippen LogP contribution in [0.1, 0.15) is 19.0 Å². The van der Waals surface area contributed by atoms with Gasteiger partial charge in [-0.25, -0.2) is 0 Å². The van der Waals surface area contributed by atoms with Crippen molar-refractivity contribution in [1.82, 2.24) is 14.4 Å². The number of rotatable bonds is 2. The third-order valence-electron chi connectivity index (χ3n) is 4.49. The lowest BCUT2D eigenvalue weighted by Gasteiger charge is -2.42. The maximum absolute atomic E-state index is 9.77. The molecule has 2 aliphatic rings. The van der Waals surface area contributed by atoms with Gasteiger partial charge in [0.25, 0.3) is 0 Å². The molecule has 0 saturated carbocycles. The number of hydrogen-bond donors (Lipinski definition) is 1. The van der Waals surface area contributed by atoms with Crippen LogP contribution in [0.25, 0.3) is 0 Å². The zero-order valence-corrected chi connectivity index (χ0v) is 11.3. The standard InChI is InChI=1S/C14H23N3O/c1-11-7-17-10-14(18)6-13(17)9-16(11)8-12-4-3-5-15(12)2/h3-5,11,13-14,18H,6-10H2,1-2H3/t11-,13?,14-/m1/s1. The van der Waals surface area contributed by atoms with Gasteiger partial charge in [0.05, 0.1) is 6.10 Å². The normalized spacial score (nSPS) is 33.8. The average molecular weight is 249 g/mol. The summed E-state index contributed by atoms with van der Waals surface area (Å²) in [6.07, 6.45) is 2.93. The van der Waals surface area contributed by atoms with Crippen LogP contribution in [0.15, 0.2) is 18.3 Å². The molecule has 18 heavy (non-hydrogen) atoms. The molecule has 0 bridgehead atoms. The summed E-state index contributed by atoms with van der Waals surface area (Å²) in [5, 5.41) is 9.77. The fourth-order valence-electron chi connectivity index (χ4n) is 3.37. The van der Waals surface area contributed by atoms with E-state index in [4.69, 9.17) is 0 Å². The van der Waals surface area contributed by atoms with E-state index < -0.39 is 0 Å². The molecule has 2 saturated heterocycles. The van der Waals surface area contributed by atoms with Crippen LogP contribution in [0, 0.1) is 0 Å². The summed E-state index contributed by atoms with van der Waals surface area (Å²) in [6, 6.07) is 5.43. The molecule has 3 rings (SSSR count). The van der Waals surface area contributed by atoms with Crippen LogP contribution >= 0.6 is 0 Å². The van der Waals surface area contributed by atoms with E-state index in [1.807, 2.05) is 0 Å². The van der Waals surface area contributed by atoms with Crippen molar-refractivity contribution < 1.29 is 5.11 Å². The first-order valence-corrected chi connectivity index (χ1v) is 6.90. The van der Waals surface area contributed by atoms with Crippen molar-refractivity contribution in [3.8, 4) is 0 Å². The fraction of sp³-hybridized carbons (Fsp3) is 0.714. The van der Waals surface area contributed by atoms with Crippen LogP contribution in [0.4, 0.5) is 0 Å². The van der Waals surface area contributed by atoms with E-state index in [1.54, 1.807) is 0 Å². The highest BCUT2D eigenvalue weighted by atomic mass is 16.3. The highest BCUT2D eigenvalue weighted by molar-refractivity contribution is 5.07. The Labute approximate surface area is 109 Å². The molecule has 0 aromatic carbocycles. The SMILES string of the molecule is C[C@@H]1CN2C[C@H](O)CC2CN1Cc1cccn1C. The molecule has 1 unspecified atom stereocenters. The smallest absolute Gasteiger partial charge is 0.0682 e. The van der Waals surface area contributed by atoms with Crippen LogP contribution in [0.3, 0.4) is 0 Å². The molecule has 100 valence electrons. The second-order valence-electron chi connectivity index (χ2n) is 5.89. The summed E-state index contributed by atoms with van der Waals surface area (Å²) in [7, 11) is 2.11. The van der Waals surface area contributed by atoms with E-state index in [9.17, 15) is 5.11 Å². The van der Waals surface area contributed by atoms with Gasteiger partial charge in [0, 0.05) is 57.2 Å². The van der Waals surface area contributed by atoms with Gasteiger partial charge in [-0.05, 0) is 25.5 Å². The number of piperazine rings is 1. The lowest BCUT2D eigenvalue weighted by atomic mass is 10.1. The number of aryl methyl sites for hydroxylation is 1. The second kappa shape index (κ2) is 4.68. The Kier molecular flexibility index (Phi) is 3.18. The second-order valence-corrected chi connectivity index (χ2v) is 5.89. The summed E-state index contributed by atoms with van der Waals surface area (Å²) < 4.78 is 2.20. The molecule has 1 N–H and O–H groups in total. The topological polar surface area (TPSA) is 31.6 Å². The summed E-state index contributed by atoms with van der Waals surface area (Å²) in [4.78, 5) is 5.01. The first-order chi connectivity index (χ1) is 8.63. The maximum Gasteiger partial charge on any atom is 0.0682 e. The molecule has 3 heterocycles. The van der Waals surface area contributed by atoms with Crippen molar-refractivity contribution in [2.45, 2.75) is 38.1 Å². The molecule has 4 nitrogen and oxygen atoms in total. The van der Waals surface area contributed by atoms with Crippen molar-refractivity contribution in [2.75, 3.05) is 19.6 Å². The minimum absolute atomic E-state index is 0.114. The van der Waals surface area contributed by atoms with E-state index in [0.717, 1.165) is 32.6 Å². The lowest BCUT2D eigenvalue weighted by molar-refractivity contribution is 0.0515. The Bertz CT molecular complexity index is 417. The fourth-order valence-corrected chi connectivity index (χ4v) is 3.37. The molecule has 1 aromatic heterocycles. The van der Waals surface area contributed by atoms with Crippen molar-refractivity contribution in [2.24, 2.45) is 7.05 Å². The summed E-state index contributed by atoms with van der Waals surface area (Å²) >= 11 is 0. The van der Waals surface area contributed by atoms with Gasteiger partial charge in [-0.2, -0.15) is 0 Å². The first-order valence-electron chi connectivity index (χ1n) is 6.90. The third kappa shape index (κ3) is 2.20. The molecule has 1 aromatic rings. The lowest BCUT2D eigenvalue weighted by Crippen LogP contribution is -2.54. The van der Waals surface area contributed by atoms with Crippen molar-refractivity contribution in [3.05, 3.63) is 24.0 Å². The van der Waals surface area contributed by atoms with Gasteiger partial charge in [0.1, 0.15) is 0 Å². The van der Waals surface area contributed by atoms with Gasteiger partial charge in [0.15, 0.2) is 0 Å². The van der Waals surface area contributed by atoms with Crippen LogP contribution in [-0.4, -0.2) is 57.3 Å². The Morgan fingerprint density at radius 3 is 2.89 bits per heavy atom. The molecule has 4 heteroatoms. The van der Waals surface area contributed by atoms with Gasteiger partial charge in [0.2, 0.25) is 0 Å². The van der Waals surface area contributed by atoms with E-state index in [2.05, 4.69) is 46.7 Å². The van der Waals surface area contributed by atoms with E-state index >= 15 is 0 Å². The maximum atomic E-state index is 9.77. The first kappa shape index (κ1) is 12.2. The van der Waals surface area contributed by atoms with Gasteiger partial charge in [-0.3, -0.25) is 9.80 Å². The highest BCUT2D eigenvalue weighted by Gasteiger charge is 2.38. The van der Waals surface area contributed by atoms with Crippen LogP contribution in [0.5, 0.6) is 0 Å². The highest BCUT2D eigenvalue weighted by Crippen LogP contribution is 2.26. The van der Waals surface area contributed by atoms with Gasteiger partial charge in [-0.15, -0.1) is 0 Å². The number of aliphatic hydroxyl groups excluding tert-OH is 1. The third-order valence-corrected chi connectivity index (χ3v) is 4.49. The van der Waals surface area contributed by atoms with Crippen LogP contribution in [0.2, 0.25) is 0 Å². The predicted octanol–water partition coefficient (Wildman–Crippen LogP) is 0.664. The summed E-state index contributed by atoms with van der Waals surface area (Å²) in [5.41, 5.74) is 1.37. The monoisotopic (exact) mass is 249 g/mol. The molecule has 2 fully saturated rings. The van der Waals surface area contributed by atoms with E-state index in [0.29, 0.717) is 12.1 Å².